The van der Waals surface area contributed by atoms with E-state index >= 15 is 0 Å². The molecule has 5 nitrogen and oxygen atoms in total. The molecule has 0 radical (unpaired) electrons. The van der Waals surface area contributed by atoms with Gasteiger partial charge in [0, 0.05) is 17.4 Å². The van der Waals surface area contributed by atoms with Crippen LogP contribution in [0.4, 0.5) is 0 Å². The molecule has 1 unspecified atom stereocenters. The molecule has 6 heteroatoms. The highest BCUT2D eigenvalue weighted by Gasteiger charge is 2.28. The summed E-state index contributed by atoms with van der Waals surface area (Å²) in [6.07, 6.45) is -0.128. The van der Waals surface area contributed by atoms with Gasteiger partial charge >= 0.3 is 5.97 Å². The van der Waals surface area contributed by atoms with E-state index in [1.165, 1.54) is 11.8 Å². The topological polar surface area (TPSA) is 57.1 Å². The van der Waals surface area contributed by atoms with Crippen molar-refractivity contribution >= 4 is 22.8 Å². The van der Waals surface area contributed by atoms with Gasteiger partial charge in [-0.25, -0.2) is 4.79 Å². The molecule has 1 heterocycles. The number of hydrogen-bond acceptors (Lipinski definition) is 6. The predicted octanol–water partition coefficient (Wildman–Crippen LogP) is 2.52. The predicted molar refractivity (Wildman–Crippen MR) is 83.6 cm³/mol. The minimum Gasteiger partial charge on any atom is -0.497 e. The van der Waals surface area contributed by atoms with Gasteiger partial charge in [0.1, 0.15) is 16.5 Å². The van der Waals surface area contributed by atoms with Crippen LogP contribution in [0, 0.1) is 0 Å². The molecule has 0 aromatic heterocycles. The molecule has 21 heavy (non-hydrogen) atoms. The van der Waals surface area contributed by atoms with E-state index in [0.717, 1.165) is 16.4 Å². The Morgan fingerprint density at radius 2 is 2.10 bits per heavy atom. The highest BCUT2D eigenvalue weighted by molar-refractivity contribution is 8.14. The zero-order valence-electron chi connectivity index (χ0n) is 12.6. The number of methoxy groups -OCH3 is 2. The first-order valence-electron chi connectivity index (χ1n) is 6.68. The number of ether oxygens (including phenoxy) is 3. The number of thioether (sulfide) groups is 1. The number of carbonyl (C=O) groups excluding carboxylic acids is 1. The van der Waals surface area contributed by atoms with Gasteiger partial charge in [0.2, 0.25) is 0 Å². The Balaban J connectivity index is 2.21. The molecule has 0 aliphatic carbocycles. The zero-order valence-corrected chi connectivity index (χ0v) is 13.4. The van der Waals surface area contributed by atoms with Crippen molar-refractivity contribution < 1.29 is 19.0 Å². The summed E-state index contributed by atoms with van der Waals surface area (Å²) in [5.41, 5.74) is 0.864. The van der Waals surface area contributed by atoms with Gasteiger partial charge in [-0.15, -0.1) is 11.8 Å². The van der Waals surface area contributed by atoms with Crippen molar-refractivity contribution in [3.8, 4) is 11.5 Å². The lowest BCUT2D eigenvalue weighted by Crippen LogP contribution is -2.24. The molecule has 0 fully saturated rings. The van der Waals surface area contributed by atoms with Gasteiger partial charge < -0.3 is 14.2 Å². The first-order chi connectivity index (χ1) is 10.0. The van der Waals surface area contributed by atoms with Crippen molar-refractivity contribution in [1.82, 2.24) is 0 Å². The molecule has 1 aromatic carbocycles. The molecule has 2 rings (SSSR count). The van der Waals surface area contributed by atoms with E-state index in [9.17, 15) is 4.79 Å². The standard InChI is InChI=1S/C15H19NO4S/c1-9(2)20-15(17)12-8-21-14(16-12)11-6-5-10(18-3)7-13(11)19-4/h5-7,9,12H,8H2,1-4H3. The number of aliphatic imine (C=N–C) groups is 1. The Morgan fingerprint density at radius 1 is 1.33 bits per heavy atom. The number of esters is 1. The van der Waals surface area contributed by atoms with Gasteiger partial charge in [-0.2, -0.15) is 0 Å². The largest absolute Gasteiger partial charge is 0.497 e. The second kappa shape index (κ2) is 6.85. The van der Waals surface area contributed by atoms with Crippen LogP contribution in [-0.4, -0.2) is 43.1 Å². The number of carbonyl (C=O) groups is 1. The molecule has 0 spiro atoms. The number of rotatable bonds is 5. The van der Waals surface area contributed by atoms with E-state index in [1.807, 2.05) is 26.0 Å². The van der Waals surface area contributed by atoms with Gasteiger partial charge in [0.15, 0.2) is 6.04 Å². The molecular formula is C15H19NO4S. The number of nitrogens with zero attached hydrogens (tertiary/aromatic N) is 1. The van der Waals surface area contributed by atoms with E-state index < -0.39 is 6.04 Å². The first kappa shape index (κ1) is 15.7. The Kier molecular flexibility index (Phi) is 5.12. The molecule has 1 aliphatic rings. The molecule has 114 valence electrons. The van der Waals surface area contributed by atoms with Crippen LogP contribution >= 0.6 is 11.8 Å². The summed E-state index contributed by atoms with van der Waals surface area (Å²) in [6, 6.07) is 5.10. The summed E-state index contributed by atoms with van der Waals surface area (Å²) in [4.78, 5) is 16.4. The lowest BCUT2D eigenvalue weighted by Gasteiger charge is -2.10. The van der Waals surface area contributed by atoms with Crippen LogP contribution in [0.3, 0.4) is 0 Å². The third-order valence-corrected chi connectivity index (χ3v) is 4.00. The molecule has 0 amide bonds. The SMILES string of the molecule is COc1ccc(C2=NC(C(=O)OC(C)C)CS2)c(OC)c1. The lowest BCUT2D eigenvalue weighted by atomic mass is 10.2. The monoisotopic (exact) mass is 309 g/mol. The minimum atomic E-state index is -0.445. The van der Waals surface area contributed by atoms with E-state index in [2.05, 4.69) is 4.99 Å². The minimum absolute atomic E-state index is 0.128. The third-order valence-electron chi connectivity index (χ3n) is 2.91. The maximum absolute atomic E-state index is 11.9. The van der Waals surface area contributed by atoms with Gasteiger partial charge in [-0.1, -0.05) is 0 Å². The van der Waals surface area contributed by atoms with Crippen LogP contribution in [0.2, 0.25) is 0 Å². The van der Waals surface area contributed by atoms with E-state index in [0.29, 0.717) is 11.5 Å². The Hall–Kier alpha value is -1.69. The summed E-state index contributed by atoms with van der Waals surface area (Å²) in [5, 5.41) is 0.792. The second-order valence-electron chi connectivity index (χ2n) is 4.81. The molecule has 0 saturated carbocycles. The van der Waals surface area contributed by atoms with E-state index in [4.69, 9.17) is 14.2 Å². The van der Waals surface area contributed by atoms with E-state index in [1.54, 1.807) is 20.3 Å². The quantitative estimate of drug-likeness (QED) is 0.782. The molecule has 1 aromatic rings. The first-order valence-corrected chi connectivity index (χ1v) is 7.67. The third kappa shape index (κ3) is 3.69. The van der Waals surface area contributed by atoms with Crippen LogP contribution in [0.15, 0.2) is 23.2 Å². The lowest BCUT2D eigenvalue weighted by molar-refractivity contribution is -0.148. The van der Waals surface area contributed by atoms with Gasteiger partial charge in [0.05, 0.1) is 20.3 Å². The number of benzene rings is 1. The Labute approximate surface area is 128 Å². The Bertz CT molecular complexity index is 557. The fourth-order valence-corrected chi connectivity index (χ4v) is 2.98. The second-order valence-corrected chi connectivity index (χ2v) is 5.82. The van der Waals surface area contributed by atoms with Crippen molar-refractivity contribution in [3.05, 3.63) is 23.8 Å². The maximum atomic E-state index is 11.9. The van der Waals surface area contributed by atoms with Crippen molar-refractivity contribution in [2.75, 3.05) is 20.0 Å². The highest BCUT2D eigenvalue weighted by Crippen LogP contribution is 2.32. The van der Waals surface area contributed by atoms with Crippen LogP contribution < -0.4 is 9.47 Å². The van der Waals surface area contributed by atoms with Crippen molar-refractivity contribution in [1.29, 1.82) is 0 Å². The molecule has 0 bridgehead atoms. The van der Waals surface area contributed by atoms with Crippen molar-refractivity contribution in [2.24, 2.45) is 4.99 Å². The maximum Gasteiger partial charge on any atom is 0.332 e. The summed E-state index contributed by atoms with van der Waals surface area (Å²) >= 11 is 1.53. The van der Waals surface area contributed by atoms with Crippen LogP contribution in [0.25, 0.3) is 0 Å². The average Bonchev–Trinajstić information content (AvgIpc) is 2.95. The Morgan fingerprint density at radius 3 is 2.71 bits per heavy atom. The van der Waals surface area contributed by atoms with Crippen LogP contribution in [0.5, 0.6) is 11.5 Å². The summed E-state index contributed by atoms with van der Waals surface area (Å²) in [5.74, 6) is 1.71. The van der Waals surface area contributed by atoms with Gasteiger partial charge in [-0.3, -0.25) is 4.99 Å². The van der Waals surface area contributed by atoms with Crippen LogP contribution in [-0.2, 0) is 9.53 Å². The van der Waals surface area contributed by atoms with Gasteiger partial charge in [-0.05, 0) is 26.0 Å². The van der Waals surface area contributed by atoms with Gasteiger partial charge in [0.25, 0.3) is 0 Å². The average molecular weight is 309 g/mol. The summed E-state index contributed by atoms with van der Waals surface area (Å²) in [6.45, 7) is 3.66. The number of hydrogen-bond donors (Lipinski definition) is 0. The summed E-state index contributed by atoms with van der Waals surface area (Å²) < 4.78 is 15.7. The van der Waals surface area contributed by atoms with E-state index in [-0.39, 0.29) is 12.1 Å². The molecule has 1 aliphatic heterocycles. The normalized spacial score (nSPS) is 17.6. The van der Waals surface area contributed by atoms with Crippen molar-refractivity contribution in [2.45, 2.75) is 26.0 Å². The zero-order chi connectivity index (χ0) is 15.4. The summed E-state index contributed by atoms with van der Waals surface area (Å²) in [7, 11) is 3.21. The molecule has 0 saturated heterocycles. The fraction of sp³-hybridized carbons (Fsp3) is 0.467. The molecule has 1 atom stereocenters. The van der Waals surface area contributed by atoms with Crippen LogP contribution in [0.1, 0.15) is 19.4 Å². The molecule has 0 N–H and O–H groups in total. The molecular weight excluding hydrogens is 290 g/mol. The fourth-order valence-electron chi connectivity index (χ4n) is 1.93. The highest BCUT2D eigenvalue weighted by atomic mass is 32.2. The van der Waals surface area contributed by atoms with Crippen molar-refractivity contribution in [3.63, 3.8) is 0 Å². The smallest absolute Gasteiger partial charge is 0.332 e.